The van der Waals surface area contributed by atoms with Crippen LogP contribution in [0.1, 0.15) is 77.8 Å². The smallest absolute Gasteiger partial charge is 0.252 e. The van der Waals surface area contributed by atoms with Crippen LogP contribution in [-0.4, -0.2) is 25.4 Å². The van der Waals surface area contributed by atoms with Crippen LogP contribution in [0, 0.1) is 5.82 Å². The molecule has 2 aliphatic rings. The maximum absolute atomic E-state index is 13.3. The second kappa shape index (κ2) is 6.51. The number of fused-ring (bicyclic) bond motifs is 3. The van der Waals surface area contributed by atoms with Gasteiger partial charge < -0.3 is 0 Å². The molecular formula is C21H21FN4O. The molecule has 5 nitrogen and oxygen atoms in total. The molecule has 0 saturated heterocycles. The van der Waals surface area contributed by atoms with E-state index in [-0.39, 0.29) is 17.5 Å². The third kappa shape index (κ3) is 2.93. The van der Waals surface area contributed by atoms with Crippen LogP contribution in [0.4, 0.5) is 4.39 Å². The van der Waals surface area contributed by atoms with E-state index in [0.717, 1.165) is 29.9 Å². The van der Waals surface area contributed by atoms with Gasteiger partial charge in [0.1, 0.15) is 5.82 Å². The molecule has 138 valence electrons. The third-order valence-electron chi connectivity index (χ3n) is 5.97. The van der Waals surface area contributed by atoms with Crippen molar-refractivity contribution < 1.29 is 9.18 Å². The van der Waals surface area contributed by atoms with E-state index in [2.05, 4.69) is 9.97 Å². The molecule has 6 heteroatoms. The molecule has 0 bridgehead atoms. The fraction of sp³-hybridized carbons (Fsp3) is 0.429. The Hall–Kier alpha value is -2.63. The Labute approximate surface area is 156 Å². The van der Waals surface area contributed by atoms with Crippen molar-refractivity contribution in [2.45, 2.75) is 56.8 Å². The molecule has 0 amide bonds. The summed E-state index contributed by atoms with van der Waals surface area (Å²) in [6.45, 7) is 0. The number of rotatable bonds is 2. The van der Waals surface area contributed by atoms with Gasteiger partial charge in [-0.05, 0) is 42.9 Å². The van der Waals surface area contributed by atoms with Crippen molar-refractivity contribution in [3.63, 3.8) is 0 Å². The van der Waals surface area contributed by atoms with Crippen molar-refractivity contribution in [3.05, 3.63) is 58.9 Å². The molecule has 0 N–H and O–H groups in total. The standard InChI is InChI=1S/C21H21FN4O/c22-16-8-6-13(7-9-16)15-10-18-17(19(27)11-15)12-23-21-24-20(25-26(18)21)14-4-2-1-3-5-14/h6-9,12,14-15H,1-5,10-11H2. The summed E-state index contributed by atoms with van der Waals surface area (Å²) in [7, 11) is 0. The minimum Gasteiger partial charge on any atom is -0.294 e. The van der Waals surface area contributed by atoms with Crippen molar-refractivity contribution in [3.8, 4) is 0 Å². The lowest BCUT2D eigenvalue weighted by atomic mass is 9.82. The van der Waals surface area contributed by atoms with Crippen molar-refractivity contribution in [1.82, 2.24) is 19.6 Å². The van der Waals surface area contributed by atoms with Gasteiger partial charge in [-0.2, -0.15) is 4.98 Å². The monoisotopic (exact) mass is 364 g/mol. The second-order valence-corrected chi connectivity index (χ2v) is 7.72. The Morgan fingerprint density at radius 2 is 1.78 bits per heavy atom. The van der Waals surface area contributed by atoms with Gasteiger partial charge in [0.15, 0.2) is 11.6 Å². The van der Waals surface area contributed by atoms with Gasteiger partial charge >= 0.3 is 0 Å². The zero-order chi connectivity index (χ0) is 18.4. The average Bonchev–Trinajstić information content (AvgIpc) is 3.14. The van der Waals surface area contributed by atoms with Gasteiger partial charge in [-0.1, -0.05) is 31.4 Å². The lowest BCUT2D eigenvalue weighted by Crippen LogP contribution is -2.22. The predicted molar refractivity (Wildman–Crippen MR) is 98.4 cm³/mol. The topological polar surface area (TPSA) is 60.2 Å². The summed E-state index contributed by atoms with van der Waals surface area (Å²) in [6, 6.07) is 6.44. The summed E-state index contributed by atoms with van der Waals surface area (Å²) >= 11 is 0. The van der Waals surface area contributed by atoms with E-state index in [9.17, 15) is 9.18 Å². The van der Waals surface area contributed by atoms with Gasteiger partial charge in [0.2, 0.25) is 0 Å². The average molecular weight is 364 g/mol. The van der Waals surface area contributed by atoms with Crippen LogP contribution >= 0.6 is 0 Å². The predicted octanol–water partition coefficient (Wildman–Crippen LogP) is 4.22. The van der Waals surface area contributed by atoms with Gasteiger partial charge in [0.05, 0.1) is 11.3 Å². The number of hydrogen-bond donors (Lipinski definition) is 0. The van der Waals surface area contributed by atoms with E-state index >= 15 is 0 Å². The highest BCUT2D eigenvalue weighted by Gasteiger charge is 2.30. The van der Waals surface area contributed by atoms with Crippen molar-refractivity contribution in [2.24, 2.45) is 0 Å². The highest BCUT2D eigenvalue weighted by molar-refractivity contribution is 5.98. The fourth-order valence-corrected chi connectivity index (χ4v) is 4.47. The Bertz CT molecular complexity index is 1000. The first-order valence-corrected chi connectivity index (χ1v) is 9.72. The summed E-state index contributed by atoms with van der Waals surface area (Å²) in [5.41, 5.74) is 2.49. The number of nitrogens with zero attached hydrogens (tertiary/aromatic N) is 4. The van der Waals surface area contributed by atoms with E-state index in [1.807, 2.05) is 0 Å². The summed E-state index contributed by atoms with van der Waals surface area (Å²) in [5.74, 6) is 1.65. The zero-order valence-electron chi connectivity index (χ0n) is 15.1. The number of benzene rings is 1. The molecule has 2 aliphatic carbocycles. The molecule has 0 aliphatic heterocycles. The largest absolute Gasteiger partial charge is 0.294 e. The third-order valence-corrected chi connectivity index (χ3v) is 5.97. The molecule has 2 heterocycles. The molecule has 1 fully saturated rings. The van der Waals surface area contributed by atoms with Gasteiger partial charge in [-0.25, -0.2) is 13.9 Å². The number of Topliss-reactive ketones (excluding diaryl/α,β-unsaturated/α-hetero) is 1. The maximum Gasteiger partial charge on any atom is 0.252 e. The normalized spacial score (nSPS) is 20.8. The van der Waals surface area contributed by atoms with Crippen LogP contribution in [0.5, 0.6) is 0 Å². The second-order valence-electron chi connectivity index (χ2n) is 7.72. The highest BCUT2D eigenvalue weighted by atomic mass is 19.1. The molecular weight excluding hydrogens is 343 g/mol. The molecule has 1 atom stereocenters. The number of carbonyl (C=O) groups excluding carboxylic acids is 1. The van der Waals surface area contributed by atoms with Crippen LogP contribution in [0.25, 0.3) is 5.78 Å². The van der Waals surface area contributed by atoms with E-state index in [0.29, 0.717) is 30.1 Å². The lowest BCUT2D eigenvalue weighted by Gasteiger charge is -2.23. The fourth-order valence-electron chi connectivity index (χ4n) is 4.47. The SMILES string of the molecule is O=C1CC(c2ccc(F)cc2)Cc2c1cnc1nc(C3CCCCC3)nn21. The molecule has 27 heavy (non-hydrogen) atoms. The van der Waals surface area contributed by atoms with Crippen LogP contribution in [-0.2, 0) is 6.42 Å². The van der Waals surface area contributed by atoms with Crippen LogP contribution in [0.3, 0.4) is 0 Å². The van der Waals surface area contributed by atoms with Gasteiger partial charge in [-0.3, -0.25) is 4.79 Å². The Morgan fingerprint density at radius 3 is 2.56 bits per heavy atom. The first-order valence-electron chi connectivity index (χ1n) is 9.72. The van der Waals surface area contributed by atoms with Crippen molar-refractivity contribution in [1.29, 1.82) is 0 Å². The van der Waals surface area contributed by atoms with E-state index in [1.165, 1.54) is 31.4 Å². The van der Waals surface area contributed by atoms with E-state index in [1.54, 1.807) is 22.8 Å². The molecule has 0 spiro atoms. The number of aromatic nitrogens is 4. The van der Waals surface area contributed by atoms with Crippen LogP contribution in [0.15, 0.2) is 30.5 Å². The first kappa shape index (κ1) is 16.5. The number of hydrogen-bond acceptors (Lipinski definition) is 4. The first-order chi connectivity index (χ1) is 13.2. The molecule has 1 unspecified atom stereocenters. The lowest BCUT2D eigenvalue weighted by molar-refractivity contribution is 0.0962. The minimum absolute atomic E-state index is 0.0264. The van der Waals surface area contributed by atoms with Gasteiger partial charge in [-0.15, -0.1) is 5.10 Å². The molecule has 0 radical (unpaired) electrons. The van der Waals surface area contributed by atoms with Crippen molar-refractivity contribution >= 4 is 11.6 Å². The van der Waals surface area contributed by atoms with Crippen LogP contribution < -0.4 is 0 Å². The molecule has 1 aromatic carbocycles. The van der Waals surface area contributed by atoms with E-state index in [4.69, 9.17) is 5.10 Å². The summed E-state index contributed by atoms with van der Waals surface area (Å²) in [6.07, 6.45) is 8.70. The Kier molecular flexibility index (Phi) is 3.99. The Morgan fingerprint density at radius 1 is 1.00 bits per heavy atom. The number of ketones is 1. The van der Waals surface area contributed by atoms with Gasteiger partial charge in [0.25, 0.3) is 5.78 Å². The maximum atomic E-state index is 13.3. The molecule has 1 saturated carbocycles. The van der Waals surface area contributed by atoms with Gasteiger partial charge in [0, 0.05) is 18.5 Å². The van der Waals surface area contributed by atoms with E-state index < -0.39 is 0 Å². The minimum atomic E-state index is -0.263. The van der Waals surface area contributed by atoms with Crippen molar-refractivity contribution in [2.75, 3.05) is 0 Å². The van der Waals surface area contributed by atoms with Crippen LogP contribution in [0.2, 0.25) is 0 Å². The molecule has 3 aromatic rings. The quantitative estimate of drug-likeness (QED) is 0.683. The summed E-state index contributed by atoms with van der Waals surface area (Å²) in [4.78, 5) is 21.8. The Balaban J connectivity index is 1.54. The zero-order valence-corrected chi connectivity index (χ0v) is 15.1. The number of halogens is 1. The molecule has 2 aromatic heterocycles. The number of carbonyl (C=O) groups is 1. The highest BCUT2D eigenvalue weighted by Crippen LogP contribution is 2.34. The molecule has 5 rings (SSSR count). The summed E-state index contributed by atoms with van der Waals surface area (Å²) in [5, 5.41) is 4.76. The summed E-state index contributed by atoms with van der Waals surface area (Å²) < 4.78 is 15.0.